The lowest BCUT2D eigenvalue weighted by Gasteiger charge is -2.23. The van der Waals surface area contributed by atoms with Gasteiger partial charge in [0.2, 0.25) is 5.91 Å². The van der Waals surface area contributed by atoms with Crippen LogP contribution in [0.15, 0.2) is 18.2 Å². The predicted molar refractivity (Wildman–Crippen MR) is 90.7 cm³/mol. The zero-order valence-corrected chi connectivity index (χ0v) is 15.0. The van der Waals surface area contributed by atoms with Crippen molar-refractivity contribution in [3.63, 3.8) is 0 Å². The number of benzene rings is 1. The molecule has 7 heteroatoms. The fraction of sp³-hybridized carbons (Fsp3) is 0.562. The van der Waals surface area contributed by atoms with E-state index in [2.05, 4.69) is 5.32 Å². The molecule has 1 atom stereocenters. The van der Waals surface area contributed by atoms with E-state index < -0.39 is 15.4 Å². The van der Waals surface area contributed by atoms with Crippen LogP contribution in [-0.2, 0) is 14.6 Å². The Morgan fingerprint density at radius 1 is 1.43 bits per heavy atom. The van der Waals surface area contributed by atoms with Crippen LogP contribution in [0.5, 0.6) is 5.75 Å². The van der Waals surface area contributed by atoms with E-state index in [9.17, 15) is 13.2 Å². The van der Waals surface area contributed by atoms with E-state index in [1.54, 1.807) is 19.1 Å². The smallest absolute Gasteiger partial charge is 0.220 e. The molecule has 1 aromatic rings. The summed E-state index contributed by atoms with van der Waals surface area (Å²) < 4.78 is 28.6. The summed E-state index contributed by atoms with van der Waals surface area (Å²) in [5.74, 6) is 0.747. The zero-order chi connectivity index (χ0) is 17.1. The number of halogens is 1. The van der Waals surface area contributed by atoms with Gasteiger partial charge in [0.15, 0.2) is 9.84 Å². The molecule has 1 fully saturated rings. The lowest BCUT2D eigenvalue weighted by atomic mass is 10.0. The molecular weight excluding hydrogens is 338 g/mol. The normalized spacial score (nSPS) is 22.7. The highest BCUT2D eigenvalue weighted by atomic mass is 35.5. The van der Waals surface area contributed by atoms with E-state index in [4.69, 9.17) is 16.3 Å². The van der Waals surface area contributed by atoms with Crippen LogP contribution < -0.4 is 10.1 Å². The van der Waals surface area contributed by atoms with Crippen LogP contribution in [0.3, 0.4) is 0 Å². The van der Waals surface area contributed by atoms with Crippen LogP contribution in [0.4, 0.5) is 0 Å². The van der Waals surface area contributed by atoms with Gasteiger partial charge in [-0.25, -0.2) is 8.42 Å². The van der Waals surface area contributed by atoms with Crippen molar-refractivity contribution in [2.24, 2.45) is 0 Å². The predicted octanol–water partition coefficient (Wildman–Crippen LogP) is 2.50. The molecule has 23 heavy (non-hydrogen) atoms. The minimum atomic E-state index is -3.02. The van der Waals surface area contributed by atoms with Crippen molar-refractivity contribution in [3.8, 4) is 5.75 Å². The molecule has 0 bridgehead atoms. The van der Waals surface area contributed by atoms with Crippen LogP contribution in [0, 0.1) is 6.92 Å². The molecule has 1 aliphatic heterocycles. The summed E-state index contributed by atoms with van der Waals surface area (Å²) in [5, 5.41) is 3.53. The van der Waals surface area contributed by atoms with Crippen molar-refractivity contribution in [3.05, 3.63) is 28.8 Å². The lowest BCUT2D eigenvalue weighted by molar-refractivity contribution is -0.122. The van der Waals surface area contributed by atoms with Crippen LogP contribution in [0.2, 0.25) is 5.02 Å². The van der Waals surface area contributed by atoms with Gasteiger partial charge in [0.25, 0.3) is 0 Å². The van der Waals surface area contributed by atoms with Crippen LogP contribution in [0.1, 0.15) is 31.7 Å². The Kier molecular flexibility index (Phi) is 5.57. The van der Waals surface area contributed by atoms with Gasteiger partial charge in [-0.05, 0) is 50.5 Å². The summed E-state index contributed by atoms with van der Waals surface area (Å²) >= 11 is 5.95. The van der Waals surface area contributed by atoms with E-state index in [-0.39, 0.29) is 17.4 Å². The van der Waals surface area contributed by atoms with E-state index in [0.717, 1.165) is 11.3 Å². The summed E-state index contributed by atoms with van der Waals surface area (Å²) in [5.41, 5.74) is 0.307. The topological polar surface area (TPSA) is 72.5 Å². The molecule has 1 heterocycles. The molecule has 5 nitrogen and oxygen atoms in total. The van der Waals surface area contributed by atoms with E-state index >= 15 is 0 Å². The first-order valence-corrected chi connectivity index (χ1v) is 9.79. The van der Waals surface area contributed by atoms with Crippen LogP contribution >= 0.6 is 11.6 Å². The molecule has 0 radical (unpaired) electrons. The number of sulfone groups is 1. The van der Waals surface area contributed by atoms with Crippen molar-refractivity contribution in [2.45, 2.75) is 38.6 Å². The lowest BCUT2D eigenvalue weighted by Crippen LogP contribution is -2.46. The number of amides is 1. The average molecular weight is 360 g/mol. The quantitative estimate of drug-likeness (QED) is 0.792. The minimum Gasteiger partial charge on any atom is -0.494 e. The maximum Gasteiger partial charge on any atom is 0.220 e. The monoisotopic (exact) mass is 359 g/mol. The second-order valence-corrected chi connectivity index (χ2v) is 8.91. The molecule has 1 aromatic carbocycles. The first-order chi connectivity index (χ1) is 10.7. The number of hydrogen-bond acceptors (Lipinski definition) is 4. The molecule has 0 aliphatic carbocycles. The number of nitrogens with one attached hydrogen (secondary N) is 1. The fourth-order valence-corrected chi connectivity index (χ4v) is 4.85. The highest BCUT2D eigenvalue weighted by Crippen LogP contribution is 2.23. The summed E-state index contributed by atoms with van der Waals surface area (Å²) in [6, 6.07) is 5.42. The van der Waals surface area contributed by atoms with Crippen molar-refractivity contribution < 1.29 is 17.9 Å². The van der Waals surface area contributed by atoms with Crippen LogP contribution in [0.25, 0.3) is 0 Å². The number of ether oxygens (including phenoxy) is 1. The number of aryl methyl sites for hydroxylation is 1. The first kappa shape index (κ1) is 18.1. The molecule has 128 valence electrons. The summed E-state index contributed by atoms with van der Waals surface area (Å²) in [7, 11) is -3.02. The van der Waals surface area contributed by atoms with Gasteiger partial charge in [-0.2, -0.15) is 0 Å². The van der Waals surface area contributed by atoms with Crippen LogP contribution in [-0.4, -0.2) is 38.0 Å². The standard InChI is InChI=1S/C16H22ClNO4S/c1-12-10-13(5-6-14(12)17)22-8-3-4-15(19)18-16(2)7-9-23(20,21)11-16/h5-6,10H,3-4,7-9,11H2,1-2H3,(H,18,19)/t16-/m0/s1. The molecule has 2 rings (SSSR count). The summed E-state index contributed by atoms with van der Waals surface area (Å²) in [6.07, 6.45) is 1.35. The SMILES string of the molecule is Cc1cc(OCCCC(=O)N[C@@]2(C)CCS(=O)(=O)C2)ccc1Cl. The molecule has 1 N–H and O–H groups in total. The second kappa shape index (κ2) is 7.09. The van der Waals surface area contributed by atoms with Crippen molar-refractivity contribution >= 4 is 27.3 Å². The highest BCUT2D eigenvalue weighted by Gasteiger charge is 2.39. The average Bonchev–Trinajstić information content (AvgIpc) is 2.72. The van der Waals surface area contributed by atoms with E-state index in [1.165, 1.54) is 0 Å². The third kappa shape index (κ3) is 5.39. The molecule has 1 aliphatic rings. The number of hydrogen-bond donors (Lipinski definition) is 1. The number of carbonyl (C=O) groups is 1. The summed E-state index contributed by atoms with van der Waals surface area (Å²) in [4.78, 5) is 11.9. The Bertz CT molecular complexity index is 689. The minimum absolute atomic E-state index is 0.0201. The van der Waals surface area contributed by atoms with Gasteiger partial charge < -0.3 is 10.1 Å². The van der Waals surface area contributed by atoms with Gasteiger partial charge in [0.1, 0.15) is 5.75 Å². The molecule has 1 amide bonds. The van der Waals surface area contributed by atoms with E-state index in [0.29, 0.717) is 30.9 Å². The third-order valence-corrected chi connectivity index (χ3v) is 6.22. The van der Waals surface area contributed by atoms with Crippen molar-refractivity contribution in [1.82, 2.24) is 5.32 Å². The first-order valence-electron chi connectivity index (χ1n) is 7.60. The Balaban J connectivity index is 1.72. The largest absolute Gasteiger partial charge is 0.494 e. The maximum absolute atomic E-state index is 11.9. The Labute approximate surface area is 142 Å². The molecule has 1 saturated heterocycles. The second-order valence-electron chi connectivity index (χ2n) is 6.31. The molecule has 0 unspecified atom stereocenters. The molecule has 0 spiro atoms. The van der Waals surface area contributed by atoms with Gasteiger partial charge in [-0.1, -0.05) is 11.6 Å². The molecular formula is C16H22ClNO4S. The third-order valence-electron chi connectivity index (χ3n) is 3.89. The molecule has 0 saturated carbocycles. The number of carbonyl (C=O) groups excluding carboxylic acids is 1. The zero-order valence-electron chi connectivity index (χ0n) is 13.4. The van der Waals surface area contributed by atoms with Gasteiger partial charge in [-0.3, -0.25) is 4.79 Å². The van der Waals surface area contributed by atoms with Gasteiger partial charge >= 0.3 is 0 Å². The number of rotatable bonds is 6. The highest BCUT2D eigenvalue weighted by molar-refractivity contribution is 7.91. The Hall–Kier alpha value is -1.27. The maximum atomic E-state index is 11.9. The van der Waals surface area contributed by atoms with Crippen molar-refractivity contribution in [2.75, 3.05) is 18.1 Å². The summed E-state index contributed by atoms with van der Waals surface area (Å²) in [6.45, 7) is 4.10. The van der Waals surface area contributed by atoms with E-state index in [1.807, 2.05) is 13.0 Å². The van der Waals surface area contributed by atoms with Gasteiger partial charge in [-0.15, -0.1) is 0 Å². The van der Waals surface area contributed by atoms with Gasteiger partial charge in [0.05, 0.1) is 23.7 Å². The Morgan fingerprint density at radius 3 is 2.78 bits per heavy atom. The van der Waals surface area contributed by atoms with Gasteiger partial charge in [0, 0.05) is 11.4 Å². The molecule has 0 aromatic heterocycles. The Morgan fingerprint density at radius 2 is 2.17 bits per heavy atom. The fourth-order valence-electron chi connectivity index (χ4n) is 2.64. The van der Waals surface area contributed by atoms with Crippen molar-refractivity contribution in [1.29, 1.82) is 0 Å².